The third kappa shape index (κ3) is 3.63. The van der Waals surface area contributed by atoms with E-state index >= 15 is 0 Å². The molecule has 140 valence electrons. The molecule has 1 aromatic carbocycles. The summed E-state index contributed by atoms with van der Waals surface area (Å²) in [4.78, 5) is 14.9. The van der Waals surface area contributed by atoms with Crippen LogP contribution < -0.4 is 9.47 Å². The van der Waals surface area contributed by atoms with Gasteiger partial charge in [0.25, 0.3) is 0 Å². The Hall–Kier alpha value is -2.27. The van der Waals surface area contributed by atoms with Crippen LogP contribution in [0.25, 0.3) is 0 Å². The summed E-state index contributed by atoms with van der Waals surface area (Å²) in [5, 5.41) is 0. The fraction of sp³-hybridized carbons (Fsp3) is 0.476. The maximum atomic E-state index is 12.8. The molecule has 3 rings (SSSR count). The number of carbonyl (C=O) groups is 1. The summed E-state index contributed by atoms with van der Waals surface area (Å²) in [6.07, 6.45) is 2.44. The van der Waals surface area contributed by atoms with Gasteiger partial charge in [0.2, 0.25) is 0 Å². The highest BCUT2D eigenvalue weighted by molar-refractivity contribution is 5.99. The summed E-state index contributed by atoms with van der Waals surface area (Å²) in [6.45, 7) is 5.14. The average Bonchev–Trinajstić information content (AvgIpc) is 3.39. The number of para-hydroxylation sites is 1. The molecule has 0 atom stereocenters. The number of methoxy groups -OCH3 is 2. The van der Waals surface area contributed by atoms with E-state index in [1.54, 1.807) is 14.2 Å². The van der Waals surface area contributed by atoms with Crippen LogP contribution in [0.1, 0.15) is 46.2 Å². The molecule has 0 radical (unpaired) electrons. The van der Waals surface area contributed by atoms with Crippen LogP contribution >= 0.6 is 0 Å². The summed E-state index contributed by atoms with van der Waals surface area (Å²) in [6, 6.07) is 8.45. The Morgan fingerprint density at radius 3 is 2.58 bits per heavy atom. The van der Waals surface area contributed by atoms with Crippen molar-refractivity contribution in [1.29, 1.82) is 0 Å². The topological polar surface area (TPSA) is 43.7 Å². The third-order valence-corrected chi connectivity index (χ3v) is 5.04. The molecule has 1 heterocycles. The number of aromatic nitrogens is 1. The van der Waals surface area contributed by atoms with Gasteiger partial charge in [-0.25, -0.2) is 0 Å². The Morgan fingerprint density at radius 2 is 1.96 bits per heavy atom. The number of hydrogen-bond acceptors (Lipinski definition) is 4. The van der Waals surface area contributed by atoms with Gasteiger partial charge < -0.3 is 14.0 Å². The van der Waals surface area contributed by atoms with E-state index in [2.05, 4.69) is 18.4 Å². The van der Waals surface area contributed by atoms with Crippen molar-refractivity contribution in [2.45, 2.75) is 39.3 Å². The predicted octanol–water partition coefficient (Wildman–Crippen LogP) is 3.77. The number of benzene rings is 1. The number of nitrogens with zero attached hydrogens (tertiary/aromatic N) is 2. The van der Waals surface area contributed by atoms with Gasteiger partial charge in [0, 0.05) is 35.1 Å². The second-order valence-electron chi connectivity index (χ2n) is 7.13. The lowest BCUT2D eigenvalue weighted by molar-refractivity contribution is 0.0942. The van der Waals surface area contributed by atoms with Crippen molar-refractivity contribution >= 4 is 5.78 Å². The molecular weight excluding hydrogens is 328 g/mol. The van der Waals surface area contributed by atoms with E-state index in [0.717, 1.165) is 22.6 Å². The highest BCUT2D eigenvalue weighted by Gasteiger charge is 2.28. The van der Waals surface area contributed by atoms with Crippen LogP contribution in [-0.4, -0.2) is 43.1 Å². The van der Waals surface area contributed by atoms with Crippen molar-refractivity contribution in [2.24, 2.45) is 0 Å². The Balaban J connectivity index is 1.72. The second kappa shape index (κ2) is 7.54. The predicted molar refractivity (Wildman–Crippen MR) is 102 cm³/mol. The lowest BCUT2D eigenvalue weighted by Gasteiger charge is -2.19. The van der Waals surface area contributed by atoms with Crippen molar-refractivity contribution in [3.63, 3.8) is 0 Å². The van der Waals surface area contributed by atoms with E-state index in [1.165, 1.54) is 18.5 Å². The van der Waals surface area contributed by atoms with Crippen LogP contribution in [0, 0.1) is 13.8 Å². The summed E-state index contributed by atoms with van der Waals surface area (Å²) >= 11 is 0. The Bertz CT molecular complexity index is 806. The number of likely N-dealkylation sites (N-methyl/N-ethyl adjacent to an activating group) is 1. The smallest absolute Gasteiger partial charge is 0.178 e. The molecular formula is C21H28N2O3. The van der Waals surface area contributed by atoms with E-state index in [4.69, 9.17) is 9.47 Å². The minimum atomic E-state index is 0.161. The Kier molecular flexibility index (Phi) is 5.37. The molecule has 1 aliphatic rings. The first-order valence-corrected chi connectivity index (χ1v) is 9.06. The fourth-order valence-corrected chi connectivity index (χ4v) is 3.71. The molecule has 0 N–H and O–H groups in total. The zero-order valence-electron chi connectivity index (χ0n) is 16.3. The second-order valence-corrected chi connectivity index (χ2v) is 7.13. The average molecular weight is 356 g/mol. The van der Waals surface area contributed by atoms with Gasteiger partial charge in [-0.15, -0.1) is 0 Å². The summed E-state index contributed by atoms with van der Waals surface area (Å²) in [7, 11) is 5.22. The normalized spacial score (nSPS) is 13.9. The largest absolute Gasteiger partial charge is 0.493 e. The molecule has 2 aromatic rings. The molecule has 1 saturated carbocycles. The first kappa shape index (κ1) is 18.5. The number of carbonyl (C=O) groups excluding carboxylic acids is 1. The van der Waals surface area contributed by atoms with Gasteiger partial charge in [0.05, 0.1) is 20.8 Å². The van der Waals surface area contributed by atoms with Gasteiger partial charge in [-0.05, 0) is 45.9 Å². The number of hydrogen-bond donors (Lipinski definition) is 0. The number of rotatable bonds is 8. The molecule has 0 bridgehead atoms. The van der Waals surface area contributed by atoms with E-state index in [9.17, 15) is 4.79 Å². The number of Topliss-reactive ketones (excluding diaryl/α,β-unsaturated/α-hetero) is 1. The summed E-state index contributed by atoms with van der Waals surface area (Å²) in [5.74, 6) is 1.59. The Labute approximate surface area is 155 Å². The molecule has 0 aliphatic heterocycles. The highest BCUT2D eigenvalue weighted by atomic mass is 16.5. The van der Waals surface area contributed by atoms with Crippen LogP contribution in [0.3, 0.4) is 0 Å². The molecule has 5 heteroatoms. The van der Waals surface area contributed by atoms with Crippen molar-refractivity contribution in [3.05, 3.63) is 46.8 Å². The van der Waals surface area contributed by atoms with E-state index in [0.29, 0.717) is 24.9 Å². The lowest BCUT2D eigenvalue weighted by Crippen LogP contribution is -2.26. The number of ether oxygens (including phenoxy) is 2. The van der Waals surface area contributed by atoms with Gasteiger partial charge in [-0.3, -0.25) is 9.69 Å². The highest BCUT2D eigenvalue weighted by Crippen LogP contribution is 2.38. The fourth-order valence-electron chi connectivity index (χ4n) is 3.71. The van der Waals surface area contributed by atoms with Gasteiger partial charge in [-0.2, -0.15) is 0 Å². The third-order valence-electron chi connectivity index (χ3n) is 5.04. The SMILES string of the molecule is COc1cccc(CN(C)CC(=O)c2cc(C)n(C3CC3)c2C)c1OC. The number of ketones is 1. The Morgan fingerprint density at radius 1 is 1.23 bits per heavy atom. The standard InChI is InChI=1S/C21H28N2O3/c1-14-11-18(15(2)23(14)17-9-10-17)19(24)13-22(3)12-16-7-6-8-20(25-4)21(16)26-5/h6-8,11,17H,9-10,12-13H2,1-5H3. The van der Waals surface area contributed by atoms with Gasteiger partial charge in [-0.1, -0.05) is 12.1 Å². The maximum Gasteiger partial charge on any atom is 0.178 e. The van der Waals surface area contributed by atoms with Crippen LogP contribution in [-0.2, 0) is 6.54 Å². The van der Waals surface area contributed by atoms with Crippen molar-refractivity contribution < 1.29 is 14.3 Å². The van der Waals surface area contributed by atoms with Gasteiger partial charge >= 0.3 is 0 Å². The first-order chi connectivity index (χ1) is 12.5. The molecule has 1 fully saturated rings. The van der Waals surface area contributed by atoms with Crippen LogP contribution in [0.2, 0.25) is 0 Å². The lowest BCUT2D eigenvalue weighted by atomic mass is 10.1. The quantitative estimate of drug-likeness (QED) is 0.675. The van der Waals surface area contributed by atoms with Crippen LogP contribution in [0.4, 0.5) is 0 Å². The van der Waals surface area contributed by atoms with Gasteiger partial charge in [0.15, 0.2) is 17.3 Å². The maximum absolute atomic E-state index is 12.8. The molecule has 1 aromatic heterocycles. The zero-order chi connectivity index (χ0) is 18.8. The molecule has 0 spiro atoms. The van der Waals surface area contributed by atoms with Crippen molar-refractivity contribution in [3.8, 4) is 11.5 Å². The summed E-state index contributed by atoms with van der Waals surface area (Å²) < 4.78 is 13.2. The van der Waals surface area contributed by atoms with Crippen LogP contribution in [0.5, 0.6) is 11.5 Å². The zero-order valence-corrected chi connectivity index (χ0v) is 16.3. The van der Waals surface area contributed by atoms with Gasteiger partial charge in [0.1, 0.15) is 0 Å². The van der Waals surface area contributed by atoms with E-state index in [1.807, 2.05) is 36.2 Å². The van der Waals surface area contributed by atoms with Crippen molar-refractivity contribution in [1.82, 2.24) is 9.47 Å². The molecule has 0 unspecified atom stereocenters. The monoisotopic (exact) mass is 356 g/mol. The molecule has 0 amide bonds. The first-order valence-electron chi connectivity index (χ1n) is 9.06. The number of aryl methyl sites for hydroxylation is 1. The van der Waals surface area contributed by atoms with E-state index in [-0.39, 0.29) is 5.78 Å². The van der Waals surface area contributed by atoms with E-state index < -0.39 is 0 Å². The minimum Gasteiger partial charge on any atom is -0.493 e. The summed E-state index contributed by atoms with van der Waals surface area (Å²) in [5.41, 5.74) is 4.14. The molecule has 0 saturated heterocycles. The molecule has 5 nitrogen and oxygen atoms in total. The minimum absolute atomic E-state index is 0.161. The van der Waals surface area contributed by atoms with Crippen LogP contribution in [0.15, 0.2) is 24.3 Å². The molecule has 26 heavy (non-hydrogen) atoms. The molecule has 1 aliphatic carbocycles. The van der Waals surface area contributed by atoms with Crippen molar-refractivity contribution in [2.75, 3.05) is 27.8 Å².